The molecular formula is C24H18F5N6OS+. The molecule has 2 heterocycles. The number of tetrazole rings is 1. The maximum atomic E-state index is 15.9. The first-order chi connectivity index (χ1) is 17.5. The number of pyridine rings is 1. The van der Waals surface area contributed by atoms with E-state index in [2.05, 4.69) is 15.3 Å². The fourth-order valence-electron chi connectivity index (χ4n) is 3.60. The zero-order chi connectivity index (χ0) is 26.8. The van der Waals surface area contributed by atoms with E-state index in [0.29, 0.717) is 16.5 Å². The Balaban J connectivity index is 1.64. The second-order valence-electron chi connectivity index (χ2n) is 8.05. The van der Waals surface area contributed by atoms with Crippen molar-refractivity contribution in [3.63, 3.8) is 0 Å². The van der Waals surface area contributed by atoms with Crippen LogP contribution in [-0.4, -0.2) is 25.2 Å². The van der Waals surface area contributed by atoms with E-state index in [1.165, 1.54) is 25.2 Å². The summed E-state index contributed by atoms with van der Waals surface area (Å²) in [5.74, 6) is -6.96. The Labute approximate surface area is 211 Å². The molecule has 0 bridgehead atoms. The van der Waals surface area contributed by atoms with Gasteiger partial charge in [0.05, 0.1) is 18.7 Å². The van der Waals surface area contributed by atoms with E-state index in [-0.39, 0.29) is 11.3 Å². The minimum Gasteiger partial charge on any atom is -0.376 e. The molecule has 0 fully saturated rings. The van der Waals surface area contributed by atoms with Gasteiger partial charge in [-0.3, -0.25) is 4.98 Å². The lowest BCUT2D eigenvalue weighted by Crippen LogP contribution is -2.57. The number of nitrogens with zero attached hydrogens (tertiary/aromatic N) is 6. The van der Waals surface area contributed by atoms with Gasteiger partial charge in [-0.2, -0.15) is 18.7 Å². The largest absolute Gasteiger partial charge is 0.376 e. The molecule has 1 N–H and O–H groups in total. The molecule has 7 nitrogen and oxygen atoms in total. The quantitative estimate of drug-likeness (QED) is 0.211. The van der Waals surface area contributed by atoms with Crippen LogP contribution in [0.1, 0.15) is 22.4 Å². The van der Waals surface area contributed by atoms with Gasteiger partial charge in [0.1, 0.15) is 34.8 Å². The van der Waals surface area contributed by atoms with E-state index in [1.807, 2.05) is 6.07 Å². The molecule has 0 amide bonds. The van der Waals surface area contributed by atoms with Gasteiger partial charge in [0.2, 0.25) is 0 Å². The summed E-state index contributed by atoms with van der Waals surface area (Å²) in [4.78, 5) is 5.28. The molecular weight excluding hydrogens is 515 g/mol. The summed E-state index contributed by atoms with van der Waals surface area (Å²) in [7, 11) is 1.38. The molecule has 0 saturated heterocycles. The number of halogens is 5. The van der Waals surface area contributed by atoms with Crippen molar-refractivity contribution in [2.45, 2.75) is 28.7 Å². The summed E-state index contributed by atoms with van der Waals surface area (Å²) < 4.78 is 75.1. The van der Waals surface area contributed by atoms with Crippen molar-refractivity contribution < 1.29 is 31.7 Å². The molecule has 0 spiro atoms. The van der Waals surface area contributed by atoms with Gasteiger partial charge in [-0.1, -0.05) is 10.9 Å². The first-order valence-electron chi connectivity index (χ1n) is 10.6. The lowest BCUT2D eigenvalue weighted by Gasteiger charge is -2.35. The Morgan fingerprint density at radius 2 is 1.86 bits per heavy atom. The number of thioether (sulfide) groups is 1. The van der Waals surface area contributed by atoms with Crippen LogP contribution in [0.2, 0.25) is 0 Å². The van der Waals surface area contributed by atoms with Crippen molar-refractivity contribution in [2.24, 2.45) is 7.05 Å². The first kappa shape index (κ1) is 26.2. The lowest BCUT2D eigenvalue weighted by atomic mass is 9.84. The molecule has 0 aliphatic heterocycles. The van der Waals surface area contributed by atoms with Crippen LogP contribution in [0.4, 0.5) is 22.0 Å². The Bertz CT molecular complexity index is 1470. The van der Waals surface area contributed by atoms with Crippen LogP contribution < -0.4 is 4.68 Å². The van der Waals surface area contributed by atoms with Crippen LogP contribution in [0.5, 0.6) is 0 Å². The number of aryl methyl sites for hydroxylation is 1. The second kappa shape index (κ2) is 10.2. The average molecular weight is 534 g/mol. The highest BCUT2D eigenvalue weighted by Gasteiger charge is 2.59. The van der Waals surface area contributed by atoms with E-state index in [0.717, 1.165) is 58.0 Å². The van der Waals surface area contributed by atoms with Gasteiger partial charge in [0.15, 0.2) is 10.8 Å². The highest BCUT2D eigenvalue weighted by Crippen LogP contribution is 2.46. The standard InChI is InChI=1S/C24H18F5N6OS/c1-34-33-32-14-35(34)13-23(36,19-6-4-17(25)9-21(19)27)24(28,29)22-7-5-18(11-31-22)37-12-16-3-2-15(10-30)8-20(16)26/h2-9,11,14,36H,12-13H2,1H3/q+1. The van der Waals surface area contributed by atoms with E-state index >= 15 is 8.78 Å². The van der Waals surface area contributed by atoms with Gasteiger partial charge in [0.25, 0.3) is 6.33 Å². The number of benzene rings is 2. The SMILES string of the molecule is Cn1nnc[n+]1CC(O)(c1ccc(F)cc1F)C(F)(F)c1ccc(SCc2ccc(C#N)cc2F)cn1. The van der Waals surface area contributed by atoms with Crippen molar-refractivity contribution in [3.05, 3.63) is 101 Å². The predicted molar refractivity (Wildman–Crippen MR) is 120 cm³/mol. The molecule has 1 unspecified atom stereocenters. The van der Waals surface area contributed by atoms with Crippen molar-refractivity contribution in [1.29, 1.82) is 5.26 Å². The number of hydrogen-bond donors (Lipinski definition) is 1. The fourth-order valence-corrected chi connectivity index (χ4v) is 4.45. The van der Waals surface area contributed by atoms with Gasteiger partial charge >= 0.3 is 5.92 Å². The monoisotopic (exact) mass is 533 g/mol. The minimum absolute atomic E-state index is 0.143. The highest BCUT2D eigenvalue weighted by atomic mass is 32.2. The van der Waals surface area contributed by atoms with E-state index in [1.54, 1.807) is 0 Å². The summed E-state index contributed by atoms with van der Waals surface area (Å²) in [6.07, 6.45) is 2.19. The molecule has 13 heteroatoms. The third kappa shape index (κ3) is 5.16. The van der Waals surface area contributed by atoms with Crippen LogP contribution >= 0.6 is 11.8 Å². The van der Waals surface area contributed by atoms with Crippen molar-refractivity contribution in [2.75, 3.05) is 0 Å². The van der Waals surface area contributed by atoms with Crippen molar-refractivity contribution >= 4 is 11.8 Å². The van der Waals surface area contributed by atoms with Gasteiger partial charge in [-0.25, -0.2) is 13.2 Å². The Morgan fingerprint density at radius 1 is 1.08 bits per heavy atom. The van der Waals surface area contributed by atoms with Gasteiger partial charge in [-0.05, 0) is 42.0 Å². The number of aromatic nitrogens is 5. The van der Waals surface area contributed by atoms with Crippen LogP contribution in [0.3, 0.4) is 0 Å². The number of rotatable bonds is 8. The summed E-state index contributed by atoms with van der Waals surface area (Å²) in [5.41, 5.74) is -4.45. The third-order valence-corrected chi connectivity index (χ3v) is 6.69. The molecule has 37 heavy (non-hydrogen) atoms. The number of hydrogen-bond acceptors (Lipinski definition) is 6. The molecule has 0 aliphatic rings. The number of alkyl halides is 2. The zero-order valence-electron chi connectivity index (χ0n) is 19.1. The van der Waals surface area contributed by atoms with Crippen molar-refractivity contribution in [3.8, 4) is 6.07 Å². The Kier molecular flexibility index (Phi) is 7.24. The maximum Gasteiger partial charge on any atom is 0.325 e. The van der Waals surface area contributed by atoms with E-state index < -0.39 is 46.8 Å². The fraction of sp³-hybridized carbons (Fsp3) is 0.208. The Hall–Kier alpha value is -3.89. The molecule has 1 atom stereocenters. The lowest BCUT2D eigenvalue weighted by molar-refractivity contribution is -0.793. The summed E-state index contributed by atoms with van der Waals surface area (Å²) in [5, 5.41) is 27.3. The van der Waals surface area contributed by atoms with Gasteiger partial charge in [-0.15, -0.1) is 11.8 Å². The van der Waals surface area contributed by atoms with Gasteiger partial charge < -0.3 is 5.11 Å². The average Bonchev–Trinajstić information content (AvgIpc) is 3.27. The zero-order valence-corrected chi connectivity index (χ0v) is 19.9. The highest BCUT2D eigenvalue weighted by molar-refractivity contribution is 7.98. The minimum atomic E-state index is -4.16. The summed E-state index contributed by atoms with van der Waals surface area (Å²) in [6, 6.07) is 10.0. The molecule has 4 rings (SSSR count). The number of aliphatic hydroxyl groups is 1. The first-order valence-corrected chi connectivity index (χ1v) is 11.6. The number of nitriles is 1. The maximum absolute atomic E-state index is 15.9. The molecule has 0 radical (unpaired) electrons. The van der Waals surface area contributed by atoms with E-state index in [4.69, 9.17) is 5.26 Å². The summed E-state index contributed by atoms with van der Waals surface area (Å²) in [6.45, 7) is -0.887. The normalized spacial score (nSPS) is 13.2. The van der Waals surface area contributed by atoms with Gasteiger partial charge in [0, 0.05) is 28.5 Å². The molecule has 0 saturated carbocycles. The third-order valence-electron chi connectivity index (χ3n) is 5.66. The molecule has 2 aromatic carbocycles. The predicted octanol–water partition coefficient (Wildman–Crippen LogP) is 3.76. The topological polar surface area (TPSA) is 91.5 Å². The van der Waals surface area contributed by atoms with Crippen LogP contribution in [0.15, 0.2) is 66.0 Å². The molecule has 2 aromatic heterocycles. The summed E-state index contributed by atoms with van der Waals surface area (Å²) >= 11 is 1.12. The van der Waals surface area contributed by atoms with E-state index in [9.17, 15) is 18.3 Å². The van der Waals surface area contributed by atoms with Crippen molar-refractivity contribution in [1.82, 2.24) is 20.1 Å². The molecule has 0 aliphatic carbocycles. The Morgan fingerprint density at radius 3 is 2.46 bits per heavy atom. The molecule has 4 aromatic rings. The second-order valence-corrected chi connectivity index (χ2v) is 9.10. The molecule has 190 valence electrons. The smallest absolute Gasteiger partial charge is 0.325 e. The van der Waals surface area contributed by atoms with Crippen LogP contribution in [0, 0.1) is 28.8 Å². The van der Waals surface area contributed by atoms with Crippen LogP contribution in [-0.2, 0) is 30.9 Å². The van der Waals surface area contributed by atoms with Crippen LogP contribution in [0.25, 0.3) is 0 Å².